The Kier molecular flexibility index (Phi) is 3.30. The Morgan fingerprint density at radius 1 is 1.58 bits per heavy atom. The molecule has 0 atom stereocenters. The molecule has 1 aromatic heterocycles. The molecule has 0 N–H and O–H groups in total. The summed E-state index contributed by atoms with van der Waals surface area (Å²) >= 11 is 1.41. The van der Waals surface area contributed by atoms with Gasteiger partial charge in [-0.25, -0.2) is 9.97 Å². The lowest BCUT2D eigenvalue weighted by molar-refractivity contribution is 0.968. The zero-order chi connectivity index (χ0) is 8.81. The molecule has 12 heavy (non-hydrogen) atoms. The number of hydrogen-bond donors (Lipinski definition) is 0. The lowest BCUT2D eigenvalue weighted by Crippen LogP contribution is -1.86. The molecule has 0 saturated carbocycles. The number of nitriles is 1. The van der Waals surface area contributed by atoms with Gasteiger partial charge in [0.05, 0.1) is 6.07 Å². The van der Waals surface area contributed by atoms with E-state index in [2.05, 4.69) is 16.5 Å². The van der Waals surface area contributed by atoms with E-state index in [1.54, 1.807) is 18.5 Å². The first-order chi connectivity index (χ1) is 5.83. The van der Waals surface area contributed by atoms with Gasteiger partial charge in [0.25, 0.3) is 0 Å². The van der Waals surface area contributed by atoms with Crippen LogP contribution in [-0.4, -0.2) is 15.7 Å². The molecule has 0 unspecified atom stereocenters. The van der Waals surface area contributed by atoms with E-state index in [9.17, 15) is 0 Å². The Hall–Kier alpha value is -1.34. The molecule has 1 aromatic rings. The standard InChI is InChI=1S/C8H7N3S/c1-7(5-9)6-12-8-10-3-2-4-11-8/h2-4H,1,6H2. The molecule has 0 aliphatic heterocycles. The highest BCUT2D eigenvalue weighted by atomic mass is 32.2. The summed E-state index contributed by atoms with van der Waals surface area (Å²) in [5.41, 5.74) is 0.535. The molecule has 4 heteroatoms. The minimum atomic E-state index is 0.535. The highest BCUT2D eigenvalue weighted by Gasteiger charge is 1.96. The van der Waals surface area contributed by atoms with Crippen LogP contribution in [0, 0.1) is 11.3 Å². The van der Waals surface area contributed by atoms with Crippen LogP contribution in [0.2, 0.25) is 0 Å². The molecule has 0 amide bonds. The molecule has 0 bridgehead atoms. The van der Waals surface area contributed by atoms with Gasteiger partial charge in [-0.05, 0) is 6.07 Å². The normalized spacial score (nSPS) is 8.92. The van der Waals surface area contributed by atoms with Crippen molar-refractivity contribution in [1.29, 1.82) is 5.26 Å². The van der Waals surface area contributed by atoms with Crippen molar-refractivity contribution in [3.05, 3.63) is 30.6 Å². The van der Waals surface area contributed by atoms with Gasteiger partial charge in [0.15, 0.2) is 5.16 Å². The van der Waals surface area contributed by atoms with Crippen LogP contribution in [0.25, 0.3) is 0 Å². The van der Waals surface area contributed by atoms with Gasteiger partial charge in [0.1, 0.15) is 0 Å². The van der Waals surface area contributed by atoms with Crippen LogP contribution in [0.3, 0.4) is 0 Å². The maximum absolute atomic E-state index is 8.41. The van der Waals surface area contributed by atoms with Crippen molar-refractivity contribution in [2.75, 3.05) is 5.75 Å². The zero-order valence-corrected chi connectivity index (χ0v) is 7.21. The largest absolute Gasteiger partial charge is 0.231 e. The van der Waals surface area contributed by atoms with Crippen LogP contribution in [-0.2, 0) is 0 Å². The number of hydrogen-bond acceptors (Lipinski definition) is 4. The average molecular weight is 177 g/mol. The topological polar surface area (TPSA) is 49.6 Å². The van der Waals surface area contributed by atoms with E-state index in [0.29, 0.717) is 16.5 Å². The third-order valence-corrected chi connectivity index (χ3v) is 2.04. The predicted molar refractivity (Wildman–Crippen MR) is 47.5 cm³/mol. The third-order valence-electron chi connectivity index (χ3n) is 1.08. The fourth-order valence-corrected chi connectivity index (χ4v) is 1.18. The minimum absolute atomic E-state index is 0.535. The van der Waals surface area contributed by atoms with Crippen molar-refractivity contribution >= 4 is 11.8 Å². The van der Waals surface area contributed by atoms with Gasteiger partial charge in [-0.15, -0.1) is 0 Å². The fourth-order valence-electron chi connectivity index (χ4n) is 0.544. The number of nitrogens with zero attached hydrogens (tertiary/aromatic N) is 3. The molecule has 1 rings (SSSR count). The minimum Gasteiger partial charge on any atom is -0.231 e. The second-order valence-corrected chi connectivity index (χ2v) is 2.98. The first kappa shape index (κ1) is 8.75. The summed E-state index contributed by atoms with van der Waals surface area (Å²) in [6, 6.07) is 3.72. The molecule has 0 aliphatic rings. The number of aromatic nitrogens is 2. The monoisotopic (exact) mass is 177 g/mol. The number of rotatable bonds is 3. The van der Waals surface area contributed by atoms with Crippen LogP contribution in [0.4, 0.5) is 0 Å². The molecule has 3 nitrogen and oxygen atoms in total. The van der Waals surface area contributed by atoms with E-state index in [1.165, 1.54) is 11.8 Å². The van der Waals surface area contributed by atoms with Crippen LogP contribution in [0.5, 0.6) is 0 Å². The quantitative estimate of drug-likeness (QED) is 0.400. The van der Waals surface area contributed by atoms with Crippen molar-refractivity contribution in [3.63, 3.8) is 0 Å². The molecule has 0 radical (unpaired) electrons. The van der Waals surface area contributed by atoms with Gasteiger partial charge < -0.3 is 0 Å². The van der Waals surface area contributed by atoms with Gasteiger partial charge in [-0.2, -0.15) is 5.26 Å². The van der Waals surface area contributed by atoms with Crippen molar-refractivity contribution in [3.8, 4) is 6.07 Å². The first-order valence-electron chi connectivity index (χ1n) is 3.30. The van der Waals surface area contributed by atoms with Crippen LogP contribution >= 0.6 is 11.8 Å². The van der Waals surface area contributed by atoms with Crippen molar-refractivity contribution < 1.29 is 0 Å². The lowest BCUT2D eigenvalue weighted by atomic mass is 10.4. The summed E-state index contributed by atoms with van der Waals surface area (Å²) < 4.78 is 0. The Balaban J connectivity index is 2.45. The molecular formula is C8H7N3S. The SMILES string of the molecule is C=C(C#N)CSc1ncccn1. The van der Waals surface area contributed by atoms with Gasteiger partial charge in [0.2, 0.25) is 0 Å². The predicted octanol–water partition coefficient (Wildman–Crippen LogP) is 1.65. The van der Waals surface area contributed by atoms with Crippen molar-refractivity contribution in [2.45, 2.75) is 5.16 Å². The number of thioether (sulfide) groups is 1. The summed E-state index contributed by atoms with van der Waals surface area (Å²) in [5, 5.41) is 9.08. The summed E-state index contributed by atoms with van der Waals surface area (Å²) in [4.78, 5) is 7.97. The van der Waals surface area contributed by atoms with E-state index in [4.69, 9.17) is 5.26 Å². The van der Waals surface area contributed by atoms with Crippen LogP contribution < -0.4 is 0 Å². The highest BCUT2D eigenvalue weighted by Crippen LogP contribution is 2.13. The second-order valence-electron chi connectivity index (χ2n) is 2.04. The van der Waals surface area contributed by atoms with Crippen LogP contribution in [0.15, 0.2) is 35.8 Å². The van der Waals surface area contributed by atoms with Gasteiger partial charge in [0, 0.05) is 23.7 Å². The average Bonchev–Trinajstić information content (AvgIpc) is 2.16. The summed E-state index contributed by atoms with van der Waals surface area (Å²) in [6.07, 6.45) is 3.34. The Morgan fingerprint density at radius 3 is 2.83 bits per heavy atom. The van der Waals surface area contributed by atoms with Gasteiger partial charge >= 0.3 is 0 Å². The second kappa shape index (κ2) is 4.52. The van der Waals surface area contributed by atoms with E-state index < -0.39 is 0 Å². The highest BCUT2D eigenvalue weighted by molar-refractivity contribution is 7.99. The van der Waals surface area contributed by atoms with Crippen LogP contribution in [0.1, 0.15) is 0 Å². The van der Waals surface area contributed by atoms with E-state index >= 15 is 0 Å². The molecule has 0 aliphatic carbocycles. The third kappa shape index (κ3) is 2.72. The molecule has 1 heterocycles. The van der Waals surface area contributed by atoms with E-state index in [-0.39, 0.29) is 0 Å². The van der Waals surface area contributed by atoms with E-state index in [1.807, 2.05) is 6.07 Å². The Bertz CT molecular complexity index is 302. The Morgan fingerprint density at radius 2 is 2.25 bits per heavy atom. The maximum atomic E-state index is 8.41. The zero-order valence-electron chi connectivity index (χ0n) is 6.40. The molecule has 0 saturated heterocycles. The van der Waals surface area contributed by atoms with Gasteiger partial charge in [-0.1, -0.05) is 18.3 Å². The van der Waals surface area contributed by atoms with Gasteiger partial charge in [-0.3, -0.25) is 0 Å². The summed E-state index contributed by atoms with van der Waals surface area (Å²) in [7, 11) is 0. The smallest absolute Gasteiger partial charge is 0.187 e. The maximum Gasteiger partial charge on any atom is 0.187 e. The summed E-state index contributed by atoms with van der Waals surface area (Å²) in [5.74, 6) is 0.556. The molecule has 60 valence electrons. The molecule has 0 aromatic carbocycles. The first-order valence-corrected chi connectivity index (χ1v) is 4.29. The van der Waals surface area contributed by atoms with Crippen molar-refractivity contribution in [1.82, 2.24) is 9.97 Å². The molecule has 0 spiro atoms. The van der Waals surface area contributed by atoms with E-state index in [0.717, 1.165) is 0 Å². The van der Waals surface area contributed by atoms with Crippen molar-refractivity contribution in [2.24, 2.45) is 0 Å². The lowest BCUT2D eigenvalue weighted by Gasteiger charge is -1.95. The molecule has 0 fully saturated rings. The fraction of sp³-hybridized carbons (Fsp3) is 0.125. The summed E-state index contributed by atoms with van der Waals surface area (Å²) in [6.45, 7) is 3.55. The molecular weight excluding hydrogens is 170 g/mol. The Labute approximate surface area is 75.2 Å².